The lowest BCUT2D eigenvalue weighted by molar-refractivity contribution is -0.0517. The van der Waals surface area contributed by atoms with Crippen molar-refractivity contribution >= 4 is 0 Å². The minimum absolute atomic E-state index is 0.104. The standard InChI is InChI=1S/C12H21NO2/c1-5-12(6-2,14-4)11(13-3)10-8-7-9-15-10/h7-9,11,13H,5-6H2,1-4H3. The summed E-state index contributed by atoms with van der Waals surface area (Å²) in [7, 11) is 3.70. The molecule has 1 rings (SSSR count). The number of rotatable bonds is 6. The van der Waals surface area contributed by atoms with E-state index in [0.717, 1.165) is 18.6 Å². The van der Waals surface area contributed by atoms with Crippen LogP contribution >= 0.6 is 0 Å². The van der Waals surface area contributed by atoms with Crippen LogP contribution in [0.4, 0.5) is 0 Å². The molecule has 86 valence electrons. The van der Waals surface area contributed by atoms with Gasteiger partial charge in [0.2, 0.25) is 0 Å². The van der Waals surface area contributed by atoms with Gasteiger partial charge in [-0.25, -0.2) is 0 Å². The zero-order chi connectivity index (χ0) is 11.3. The molecule has 0 aromatic carbocycles. The maximum atomic E-state index is 5.69. The SMILES string of the molecule is CCC(CC)(OC)C(NC)c1ccco1. The largest absolute Gasteiger partial charge is 0.468 e. The fourth-order valence-corrected chi connectivity index (χ4v) is 2.18. The van der Waals surface area contributed by atoms with E-state index >= 15 is 0 Å². The highest BCUT2D eigenvalue weighted by Crippen LogP contribution is 2.34. The minimum Gasteiger partial charge on any atom is -0.468 e. The number of ether oxygens (including phenoxy) is 1. The summed E-state index contributed by atoms with van der Waals surface area (Å²) in [5.41, 5.74) is -0.188. The van der Waals surface area contributed by atoms with Crippen LogP contribution in [0.15, 0.2) is 22.8 Å². The number of hydrogen-bond donors (Lipinski definition) is 1. The summed E-state index contributed by atoms with van der Waals surface area (Å²) in [5, 5.41) is 3.28. The van der Waals surface area contributed by atoms with Gasteiger partial charge in [0, 0.05) is 7.11 Å². The molecule has 0 fully saturated rings. The van der Waals surface area contributed by atoms with Gasteiger partial charge < -0.3 is 14.5 Å². The molecular formula is C12H21NO2. The molecule has 1 N–H and O–H groups in total. The molecule has 0 radical (unpaired) electrons. The summed E-state index contributed by atoms with van der Waals surface area (Å²) in [5.74, 6) is 0.933. The Morgan fingerprint density at radius 1 is 1.47 bits per heavy atom. The molecule has 1 heterocycles. The first-order chi connectivity index (χ1) is 7.24. The number of likely N-dealkylation sites (N-methyl/N-ethyl adjacent to an activating group) is 1. The van der Waals surface area contributed by atoms with Gasteiger partial charge in [-0.05, 0) is 32.0 Å². The van der Waals surface area contributed by atoms with Crippen LogP contribution in [0.3, 0.4) is 0 Å². The normalized spacial score (nSPS) is 14.1. The highest BCUT2D eigenvalue weighted by molar-refractivity contribution is 5.10. The molecule has 0 bridgehead atoms. The molecule has 1 atom stereocenters. The van der Waals surface area contributed by atoms with Crippen LogP contribution in [0.25, 0.3) is 0 Å². The van der Waals surface area contributed by atoms with E-state index in [9.17, 15) is 0 Å². The minimum atomic E-state index is -0.188. The predicted octanol–water partition coefficient (Wildman–Crippen LogP) is 2.75. The van der Waals surface area contributed by atoms with Crippen molar-refractivity contribution in [3.63, 3.8) is 0 Å². The molecule has 1 aromatic heterocycles. The lowest BCUT2D eigenvalue weighted by Crippen LogP contribution is -2.43. The molecule has 3 heteroatoms. The molecule has 0 saturated carbocycles. The molecule has 15 heavy (non-hydrogen) atoms. The third-order valence-electron chi connectivity index (χ3n) is 3.25. The van der Waals surface area contributed by atoms with Gasteiger partial charge in [-0.1, -0.05) is 13.8 Å². The van der Waals surface area contributed by atoms with Crippen LogP contribution < -0.4 is 5.32 Å². The molecule has 0 aliphatic rings. The lowest BCUT2D eigenvalue weighted by Gasteiger charge is -2.37. The first-order valence-electron chi connectivity index (χ1n) is 5.49. The van der Waals surface area contributed by atoms with Crippen molar-refractivity contribution in [2.75, 3.05) is 14.2 Å². The second-order valence-electron chi connectivity index (χ2n) is 3.71. The summed E-state index contributed by atoms with van der Waals surface area (Å²) in [6.45, 7) is 4.28. The molecule has 0 aliphatic heterocycles. The van der Waals surface area contributed by atoms with Crippen molar-refractivity contribution in [2.45, 2.75) is 38.3 Å². The predicted molar refractivity (Wildman–Crippen MR) is 60.8 cm³/mol. The second kappa shape index (κ2) is 5.33. The fraction of sp³-hybridized carbons (Fsp3) is 0.667. The van der Waals surface area contributed by atoms with E-state index in [-0.39, 0.29) is 11.6 Å². The van der Waals surface area contributed by atoms with Crippen LogP contribution in [0.1, 0.15) is 38.5 Å². The molecular weight excluding hydrogens is 190 g/mol. The second-order valence-corrected chi connectivity index (χ2v) is 3.71. The van der Waals surface area contributed by atoms with E-state index < -0.39 is 0 Å². The van der Waals surface area contributed by atoms with Crippen molar-refractivity contribution in [1.82, 2.24) is 5.32 Å². The summed E-state index contributed by atoms with van der Waals surface area (Å²) in [6, 6.07) is 4.00. The Morgan fingerprint density at radius 2 is 2.13 bits per heavy atom. The van der Waals surface area contributed by atoms with Gasteiger partial charge in [0.25, 0.3) is 0 Å². The maximum absolute atomic E-state index is 5.69. The molecule has 1 aromatic rings. The first-order valence-corrected chi connectivity index (χ1v) is 5.49. The average Bonchev–Trinajstić information content (AvgIpc) is 2.79. The molecule has 3 nitrogen and oxygen atoms in total. The van der Waals surface area contributed by atoms with E-state index in [1.807, 2.05) is 19.2 Å². The van der Waals surface area contributed by atoms with Crippen LogP contribution in [0.2, 0.25) is 0 Å². The Bertz CT molecular complexity index is 257. The van der Waals surface area contributed by atoms with Gasteiger partial charge in [-0.15, -0.1) is 0 Å². The van der Waals surface area contributed by atoms with Gasteiger partial charge in [-0.2, -0.15) is 0 Å². The highest BCUT2D eigenvalue weighted by Gasteiger charge is 2.37. The van der Waals surface area contributed by atoms with Gasteiger partial charge in [-0.3, -0.25) is 0 Å². The third kappa shape index (κ3) is 2.24. The van der Waals surface area contributed by atoms with Crippen molar-refractivity contribution < 1.29 is 9.15 Å². The van der Waals surface area contributed by atoms with E-state index in [0.29, 0.717) is 0 Å². The van der Waals surface area contributed by atoms with Gasteiger partial charge >= 0.3 is 0 Å². The Morgan fingerprint density at radius 3 is 2.47 bits per heavy atom. The van der Waals surface area contributed by atoms with Crippen LogP contribution in [0, 0.1) is 0 Å². The molecule has 0 aliphatic carbocycles. The monoisotopic (exact) mass is 211 g/mol. The first kappa shape index (κ1) is 12.3. The van der Waals surface area contributed by atoms with Gasteiger partial charge in [0.05, 0.1) is 17.9 Å². The quantitative estimate of drug-likeness (QED) is 0.785. The van der Waals surface area contributed by atoms with Crippen LogP contribution in [-0.4, -0.2) is 19.8 Å². The topological polar surface area (TPSA) is 34.4 Å². The zero-order valence-electron chi connectivity index (χ0n) is 10.0. The van der Waals surface area contributed by atoms with Crippen molar-refractivity contribution in [1.29, 1.82) is 0 Å². The van der Waals surface area contributed by atoms with Gasteiger partial charge in [0.15, 0.2) is 0 Å². The number of furan rings is 1. The lowest BCUT2D eigenvalue weighted by atomic mass is 9.86. The third-order valence-corrected chi connectivity index (χ3v) is 3.25. The van der Waals surface area contributed by atoms with Crippen LogP contribution in [0.5, 0.6) is 0 Å². The van der Waals surface area contributed by atoms with Gasteiger partial charge in [0.1, 0.15) is 5.76 Å². The van der Waals surface area contributed by atoms with Crippen molar-refractivity contribution in [3.05, 3.63) is 24.2 Å². The number of methoxy groups -OCH3 is 1. The summed E-state index contributed by atoms with van der Waals surface area (Å²) < 4.78 is 11.1. The maximum Gasteiger partial charge on any atom is 0.123 e. The van der Waals surface area contributed by atoms with E-state index in [1.54, 1.807) is 13.4 Å². The van der Waals surface area contributed by atoms with Crippen molar-refractivity contribution in [3.8, 4) is 0 Å². The Labute approximate surface area is 91.8 Å². The summed E-state index contributed by atoms with van der Waals surface area (Å²) in [4.78, 5) is 0. The van der Waals surface area contributed by atoms with E-state index in [4.69, 9.17) is 9.15 Å². The summed E-state index contributed by atoms with van der Waals surface area (Å²) >= 11 is 0. The fourth-order valence-electron chi connectivity index (χ4n) is 2.18. The highest BCUT2D eigenvalue weighted by atomic mass is 16.5. The Balaban J connectivity index is 2.98. The Hall–Kier alpha value is -0.800. The average molecular weight is 211 g/mol. The Kier molecular flexibility index (Phi) is 4.36. The van der Waals surface area contributed by atoms with E-state index in [2.05, 4.69) is 19.2 Å². The molecule has 0 amide bonds. The van der Waals surface area contributed by atoms with Crippen LogP contribution in [-0.2, 0) is 4.74 Å². The smallest absolute Gasteiger partial charge is 0.123 e. The number of hydrogen-bond acceptors (Lipinski definition) is 3. The van der Waals surface area contributed by atoms with Crippen molar-refractivity contribution in [2.24, 2.45) is 0 Å². The summed E-state index contributed by atoms with van der Waals surface area (Å²) in [6.07, 6.45) is 3.60. The van der Waals surface area contributed by atoms with E-state index in [1.165, 1.54) is 0 Å². The molecule has 1 unspecified atom stereocenters. The zero-order valence-corrected chi connectivity index (χ0v) is 10.0. The number of nitrogens with one attached hydrogen (secondary N) is 1. The molecule has 0 saturated heterocycles. The molecule has 0 spiro atoms.